The molecule has 0 radical (unpaired) electrons. The highest BCUT2D eigenvalue weighted by Crippen LogP contribution is 2.25. The average Bonchev–Trinajstić information content (AvgIpc) is 3.19. The number of nitrogens with one attached hydrogen (secondary N) is 1. The van der Waals surface area contributed by atoms with Gasteiger partial charge in [0.2, 0.25) is 5.91 Å². The number of halogens is 1. The van der Waals surface area contributed by atoms with E-state index in [0.29, 0.717) is 18.8 Å². The number of benzene rings is 2. The van der Waals surface area contributed by atoms with Crippen molar-refractivity contribution in [2.24, 2.45) is 0 Å². The molecule has 0 aliphatic carbocycles. The SMILES string of the molecule is O=C(CN(c1ccc(Br)cc1)S(=O)(=O)c1ccccc1)NC[C@@H]1CCCO1. The van der Waals surface area contributed by atoms with Gasteiger partial charge < -0.3 is 10.1 Å². The number of carbonyl (C=O) groups is 1. The standard InChI is InChI=1S/C19H21BrN2O4S/c20-15-8-10-16(11-9-15)22(27(24,25)18-6-2-1-3-7-18)14-19(23)21-13-17-5-4-12-26-17/h1-3,6-11,17H,4-5,12-14H2,(H,21,23)/t17-/m0/s1. The molecule has 27 heavy (non-hydrogen) atoms. The molecule has 1 amide bonds. The van der Waals surface area contributed by atoms with Crippen LogP contribution in [0.5, 0.6) is 0 Å². The lowest BCUT2D eigenvalue weighted by Gasteiger charge is -2.24. The van der Waals surface area contributed by atoms with Crippen LogP contribution in [0.3, 0.4) is 0 Å². The largest absolute Gasteiger partial charge is 0.376 e. The summed E-state index contributed by atoms with van der Waals surface area (Å²) in [5, 5.41) is 2.78. The van der Waals surface area contributed by atoms with Gasteiger partial charge in [0, 0.05) is 17.6 Å². The Morgan fingerprint density at radius 3 is 2.48 bits per heavy atom. The fraction of sp³-hybridized carbons (Fsp3) is 0.316. The molecule has 1 N–H and O–H groups in total. The van der Waals surface area contributed by atoms with Gasteiger partial charge in [0.25, 0.3) is 10.0 Å². The van der Waals surface area contributed by atoms with Gasteiger partial charge in [0.1, 0.15) is 6.54 Å². The normalized spacial score (nSPS) is 16.9. The first-order valence-corrected chi connectivity index (χ1v) is 10.9. The van der Waals surface area contributed by atoms with Crippen LogP contribution < -0.4 is 9.62 Å². The van der Waals surface area contributed by atoms with E-state index in [1.165, 1.54) is 12.1 Å². The van der Waals surface area contributed by atoms with Gasteiger partial charge in [-0.3, -0.25) is 9.10 Å². The number of anilines is 1. The number of hydrogen-bond donors (Lipinski definition) is 1. The highest BCUT2D eigenvalue weighted by Gasteiger charge is 2.27. The van der Waals surface area contributed by atoms with Gasteiger partial charge in [-0.25, -0.2) is 8.42 Å². The van der Waals surface area contributed by atoms with Crippen LogP contribution in [0.2, 0.25) is 0 Å². The summed E-state index contributed by atoms with van der Waals surface area (Å²) in [6.45, 7) is 0.790. The Morgan fingerprint density at radius 1 is 1.15 bits per heavy atom. The van der Waals surface area contributed by atoms with Crippen LogP contribution in [0, 0.1) is 0 Å². The van der Waals surface area contributed by atoms with E-state index in [1.54, 1.807) is 42.5 Å². The third-order valence-corrected chi connectivity index (χ3v) is 6.60. The van der Waals surface area contributed by atoms with Gasteiger partial charge in [-0.05, 0) is 49.2 Å². The Bertz CT molecular complexity index is 866. The summed E-state index contributed by atoms with van der Waals surface area (Å²) in [5.74, 6) is -0.368. The molecule has 0 aromatic heterocycles. The van der Waals surface area contributed by atoms with Gasteiger partial charge >= 0.3 is 0 Å². The number of ether oxygens (including phenoxy) is 1. The molecule has 1 saturated heterocycles. The molecule has 1 fully saturated rings. The Kier molecular flexibility index (Phi) is 6.51. The molecule has 1 aliphatic heterocycles. The van der Waals surface area contributed by atoms with Gasteiger partial charge in [-0.1, -0.05) is 34.1 Å². The van der Waals surface area contributed by atoms with E-state index in [2.05, 4.69) is 21.2 Å². The molecule has 0 saturated carbocycles. The van der Waals surface area contributed by atoms with E-state index in [1.807, 2.05) is 0 Å². The zero-order valence-electron chi connectivity index (χ0n) is 14.7. The van der Waals surface area contributed by atoms with Crippen molar-refractivity contribution in [1.29, 1.82) is 0 Å². The number of carbonyl (C=O) groups excluding carboxylic acids is 1. The number of rotatable bonds is 7. The average molecular weight is 453 g/mol. The van der Waals surface area contributed by atoms with Gasteiger partial charge in [0.05, 0.1) is 16.7 Å². The van der Waals surface area contributed by atoms with Gasteiger partial charge in [-0.15, -0.1) is 0 Å². The van der Waals surface area contributed by atoms with Crippen molar-refractivity contribution in [3.63, 3.8) is 0 Å². The fourth-order valence-corrected chi connectivity index (χ4v) is 4.57. The van der Waals surface area contributed by atoms with Crippen molar-refractivity contribution in [3.8, 4) is 0 Å². The van der Waals surface area contributed by atoms with Crippen molar-refractivity contribution in [2.75, 3.05) is 24.0 Å². The van der Waals surface area contributed by atoms with Crippen LogP contribution >= 0.6 is 15.9 Å². The van der Waals surface area contributed by atoms with Crippen molar-refractivity contribution < 1.29 is 17.9 Å². The molecule has 0 bridgehead atoms. The minimum absolute atomic E-state index is 0.000751. The number of amides is 1. The molecule has 2 aromatic carbocycles. The minimum atomic E-state index is -3.87. The molecule has 6 nitrogen and oxygen atoms in total. The quantitative estimate of drug-likeness (QED) is 0.700. The van der Waals surface area contributed by atoms with Crippen LogP contribution in [-0.4, -0.2) is 40.1 Å². The summed E-state index contributed by atoms with van der Waals surface area (Å²) in [5.41, 5.74) is 0.425. The highest BCUT2D eigenvalue weighted by atomic mass is 79.9. The van der Waals surface area contributed by atoms with Crippen molar-refractivity contribution in [3.05, 3.63) is 59.1 Å². The zero-order chi connectivity index (χ0) is 19.3. The second-order valence-electron chi connectivity index (χ2n) is 6.24. The summed E-state index contributed by atoms with van der Waals surface area (Å²) in [7, 11) is -3.87. The summed E-state index contributed by atoms with van der Waals surface area (Å²) in [4.78, 5) is 12.6. The molecule has 0 unspecified atom stereocenters. The Labute approximate surface area is 167 Å². The van der Waals surface area contributed by atoms with Crippen molar-refractivity contribution in [2.45, 2.75) is 23.8 Å². The second-order valence-corrected chi connectivity index (χ2v) is 9.02. The monoisotopic (exact) mass is 452 g/mol. The molecule has 8 heteroatoms. The van der Waals surface area contributed by atoms with E-state index in [4.69, 9.17) is 4.74 Å². The number of hydrogen-bond acceptors (Lipinski definition) is 4. The summed E-state index contributed by atoms with van der Waals surface area (Å²) < 4.78 is 33.7. The first-order chi connectivity index (χ1) is 13.0. The molecule has 1 atom stereocenters. The molecule has 0 spiro atoms. The van der Waals surface area contributed by atoms with Gasteiger partial charge in [0.15, 0.2) is 0 Å². The Morgan fingerprint density at radius 2 is 1.85 bits per heavy atom. The topological polar surface area (TPSA) is 75.7 Å². The smallest absolute Gasteiger partial charge is 0.264 e. The summed E-state index contributed by atoms with van der Waals surface area (Å²) in [6, 6.07) is 14.9. The third kappa shape index (κ3) is 5.09. The van der Waals surface area contributed by atoms with Crippen molar-refractivity contribution >= 4 is 37.5 Å². The maximum Gasteiger partial charge on any atom is 0.264 e. The number of nitrogens with zero attached hydrogens (tertiary/aromatic N) is 1. The van der Waals surface area contributed by atoms with Crippen LogP contribution in [-0.2, 0) is 19.6 Å². The predicted molar refractivity (Wildman–Crippen MR) is 107 cm³/mol. The maximum atomic E-state index is 13.1. The molecular formula is C19H21BrN2O4S. The van der Waals surface area contributed by atoms with E-state index in [9.17, 15) is 13.2 Å². The molecule has 144 valence electrons. The maximum absolute atomic E-state index is 13.1. The van der Waals surface area contributed by atoms with Crippen LogP contribution in [0.15, 0.2) is 64.0 Å². The lowest BCUT2D eigenvalue weighted by atomic mass is 10.2. The Hall–Kier alpha value is -1.90. The Balaban J connectivity index is 1.81. The van der Waals surface area contributed by atoms with E-state index in [0.717, 1.165) is 21.6 Å². The number of sulfonamides is 1. The lowest BCUT2D eigenvalue weighted by Crippen LogP contribution is -2.42. The van der Waals surface area contributed by atoms with Gasteiger partial charge in [-0.2, -0.15) is 0 Å². The van der Waals surface area contributed by atoms with E-state index < -0.39 is 10.0 Å². The van der Waals surface area contributed by atoms with E-state index >= 15 is 0 Å². The fourth-order valence-electron chi connectivity index (χ4n) is 2.86. The summed E-state index contributed by atoms with van der Waals surface area (Å²) in [6.07, 6.45) is 1.88. The first-order valence-electron chi connectivity index (χ1n) is 8.68. The lowest BCUT2D eigenvalue weighted by molar-refractivity contribution is -0.120. The van der Waals surface area contributed by atoms with E-state index in [-0.39, 0.29) is 23.5 Å². The molecule has 1 heterocycles. The zero-order valence-corrected chi connectivity index (χ0v) is 17.1. The van der Waals surface area contributed by atoms with Crippen molar-refractivity contribution in [1.82, 2.24) is 5.32 Å². The highest BCUT2D eigenvalue weighted by molar-refractivity contribution is 9.10. The minimum Gasteiger partial charge on any atom is -0.376 e. The van der Waals surface area contributed by atoms with Crippen LogP contribution in [0.4, 0.5) is 5.69 Å². The molecular weight excluding hydrogens is 432 g/mol. The third-order valence-electron chi connectivity index (χ3n) is 4.28. The second kappa shape index (κ2) is 8.86. The predicted octanol–water partition coefficient (Wildman–Crippen LogP) is 2.94. The molecule has 3 rings (SSSR count). The van der Waals surface area contributed by atoms with Crippen LogP contribution in [0.1, 0.15) is 12.8 Å². The molecule has 2 aromatic rings. The van der Waals surface area contributed by atoms with Crippen LogP contribution in [0.25, 0.3) is 0 Å². The molecule has 1 aliphatic rings. The first kappa shape index (κ1) is 19.9. The summed E-state index contributed by atoms with van der Waals surface area (Å²) >= 11 is 3.34.